The predicted molar refractivity (Wildman–Crippen MR) is 74.3 cm³/mol. The van der Waals surface area contributed by atoms with Crippen LogP contribution < -0.4 is 11.1 Å². The van der Waals surface area contributed by atoms with Crippen molar-refractivity contribution in [2.75, 3.05) is 17.6 Å². The highest BCUT2D eigenvalue weighted by Gasteiger charge is 2.27. The first-order chi connectivity index (χ1) is 9.37. The lowest BCUT2D eigenvalue weighted by Crippen LogP contribution is -2.22. The maximum Gasteiger partial charge on any atom is 0.405 e. The molecule has 0 radical (unpaired) electrons. The molecule has 3 nitrogen and oxygen atoms in total. The van der Waals surface area contributed by atoms with Crippen LogP contribution in [0.1, 0.15) is 18.4 Å². The lowest BCUT2D eigenvalue weighted by Gasteiger charge is -2.15. The Morgan fingerprint density at radius 1 is 1.40 bits per heavy atom. The van der Waals surface area contributed by atoms with Crippen LogP contribution in [0, 0.1) is 0 Å². The van der Waals surface area contributed by atoms with Gasteiger partial charge in [0.25, 0.3) is 0 Å². The van der Waals surface area contributed by atoms with Gasteiger partial charge in [-0.15, -0.1) is 0 Å². The second-order valence-corrected chi connectivity index (χ2v) is 4.80. The number of aromatic nitrogens is 1. The van der Waals surface area contributed by atoms with Crippen LogP contribution in [0.4, 0.5) is 24.7 Å². The van der Waals surface area contributed by atoms with Crippen LogP contribution in [0.15, 0.2) is 29.4 Å². The van der Waals surface area contributed by atoms with Crippen LogP contribution in [0.5, 0.6) is 0 Å². The molecule has 0 aromatic carbocycles. The lowest BCUT2D eigenvalue weighted by atomic mass is 9.98. The van der Waals surface area contributed by atoms with Gasteiger partial charge in [0.2, 0.25) is 0 Å². The molecule has 0 amide bonds. The molecule has 1 aromatic rings. The van der Waals surface area contributed by atoms with Crippen molar-refractivity contribution in [2.24, 2.45) is 0 Å². The van der Waals surface area contributed by atoms with Crippen molar-refractivity contribution in [3.63, 3.8) is 0 Å². The van der Waals surface area contributed by atoms with E-state index in [9.17, 15) is 13.2 Å². The molecule has 3 N–H and O–H groups in total. The highest BCUT2D eigenvalue weighted by molar-refractivity contribution is 6.34. The molecule has 1 aliphatic carbocycles. The third-order valence-corrected chi connectivity index (χ3v) is 3.21. The highest BCUT2D eigenvalue weighted by Crippen LogP contribution is 2.32. The summed E-state index contributed by atoms with van der Waals surface area (Å²) < 4.78 is 36.7. The minimum atomic E-state index is -4.31. The fourth-order valence-corrected chi connectivity index (χ4v) is 2.19. The van der Waals surface area contributed by atoms with Gasteiger partial charge in [0, 0.05) is 11.2 Å². The van der Waals surface area contributed by atoms with E-state index in [4.69, 9.17) is 17.3 Å². The first-order valence-electron chi connectivity index (χ1n) is 5.98. The van der Waals surface area contributed by atoms with Crippen molar-refractivity contribution in [3.8, 4) is 0 Å². The van der Waals surface area contributed by atoms with E-state index < -0.39 is 12.7 Å². The Kier molecular flexibility index (Phi) is 4.23. The molecule has 1 aromatic heterocycles. The summed E-state index contributed by atoms with van der Waals surface area (Å²) in [6.07, 6.45) is 2.48. The Bertz CT molecular complexity index is 564. The summed E-state index contributed by atoms with van der Waals surface area (Å²) in [4.78, 5) is 3.92. The monoisotopic (exact) mass is 303 g/mol. The third-order valence-electron chi connectivity index (χ3n) is 2.86. The molecule has 0 saturated heterocycles. The summed E-state index contributed by atoms with van der Waals surface area (Å²) in [5.74, 6) is 0.0288. The number of hydrogen-bond acceptors (Lipinski definition) is 3. The summed E-state index contributed by atoms with van der Waals surface area (Å²) in [6, 6.07) is 1.55. The number of nitrogens with two attached hydrogens (primary N) is 1. The Hall–Kier alpha value is -1.69. The van der Waals surface area contributed by atoms with Gasteiger partial charge in [-0.25, -0.2) is 4.98 Å². The second-order valence-electron chi connectivity index (χ2n) is 4.39. The van der Waals surface area contributed by atoms with Crippen molar-refractivity contribution < 1.29 is 13.2 Å². The molecular formula is C13H13ClF3N3. The van der Waals surface area contributed by atoms with E-state index in [0.29, 0.717) is 10.6 Å². The average molecular weight is 304 g/mol. The maximum atomic E-state index is 12.2. The number of pyridine rings is 1. The summed E-state index contributed by atoms with van der Waals surface area (Å²) in [7, 11) is 0. The lowest BCUT2D eigenvalue weighted by molar-refractivity contribution is -0.115. The molecule has 1 heterocycles. The van der Waals surface area contributed by atoms with Crippen molar-refractivity contribution >= 4 is 28.7 Å². The van der Waals surface area contributed by atoms with Gasteiger partial charge in [0.15, 0.2) is 0 Å². The Labute approximate surface area is 119 Å². The van der Waals surface area contributed by atoms with Gasteiger partial charge < -0.3 is 11.1 Å². The smallest absolute Gasteiger partial charge is 0.382 e. The molecule has 0 fully saturated rings. The van der Waals surface area contributed by atoms with Gasteiger partial charge in [0.05, 0.1) is 5.69 Å². The molecule has 0 spiro atoms. The van der Waals surface area contributed by atoms with Crippen molar-refractivity contribution in [1.82, 2.24) is 4.98 Å². The number of nitrogens with zero attached hydrogens (tertiary/aromatic N) is 1. The number of hydrogen-bond donors (Lipinski definition) is 2. The largest absolute Gasteiger partial charge is 0.405 e. The Balaban J connectivity index is 2.27. The van der Waals surface area contributed by atoms with Crippen LogP contribution in [-0.4, -0.2) is 17.7 Å². The standard InChI is InChI=1S/C13H13ClF3N3/c14-10-4-2-1-3-9(10)8-5-11(12(18)19-6-8)20-7-13(15,16)17/h2,4-6,20H,1,3,7H2,(H2,18,19). The molecule has 20 heavy (non-hydrogen) atoms. The SMILES string of the molecule is Nc1ncc(C2=C(Cl)C=CCC2)cc1NCC(F)(F)F. The molecule has 2 rings (SSSR count). The summed E-state index contributed by atoms with van der Waals surface area (Å²) in [5, 5.41) is 2.82. The number of anilines is 2. The summed E-state index contributed by atoms with van der Waals surface area (Å²) in [6.45, 7) is -1.16. The summed E-state index contributed by atoms with van der Waals surface area (Å²) >= 11 is 6.09. The molecule has 108 valence electrons. The maximum absolute atomic E-state index is 12.2. The highest BCUT2D eigenvalue weighted by atomic mass is 35.5. The number of allylic oxidation sites excluding steroid dienone is 4. The molecule has 0 unspecified atom stereocenters. The van der Waals surface area contributed by atoms with E-state index in [2.05, 4.69) is 10.3 Å². The normalized spacial score (nSPS) is 15.6. The van der Waals surface area contributed by atoms with Gasteiger partial charge in [-0.1, -0.05) is 17.7 Å². The number of halogens is 4. The first-order valence-corrected chi connectivity index (χ1v) is 6.36. The Morgan fingerprint density at radius 3 is 2.80 bits per heavy atom. The van der Waals surface area contributed by atoms with E-state index in [1.54, 1.807) is 12.1 Å². The quantitative estimate of drug-likeness (QED) is 0.889. The number of rotatable bonds is 3. The molecule has 0 bridgehead atoms. The van der Waals surface area contributed by atoms with Gasteiger partial charge in [-0.3, -0.25) is 0 Å². The van der Waals surface area contributed by atoms with Gasteiger partial charge in [0.1, 0.15) is 12.4 Å². The van der Waals surface area contributed by atoms with Crippen LogP contribution in [0.2, 0.25) is 0 Å². The predicted octanol–water partition coefficient (Wildman–Crippen LogP) is 3.94. The second kappa shape index (κ2) is 5.75. The van der Waals surface area contributed by atoms with Crippen molar-refractivity contribution in [2.45, 2.75) is 19.0 Å². The van der Waals surface area contributed by atoms with E-state index in [-0.39, 0.29) is 11.5 Å². The summed E-state index contributed by atoms with van der Waals surface area (Å²) in [5.41, 5.74) is 7.27. The zero-order valence-corrected chi connectivity index (χ0v) is 11.2. The van der Waals surface area contributed by atoms with E-state index >= 15 is 0 Å². The van der Waals surface area contributed by atoms with Gasteiger partial charge in [-0.2, -0.15) is 13.2 Å². The van der Waals surface area contributed by atoms with Crippen molar-refractivity contribution in [1.29, 1.82) is 0 Å². The number of nitrogen functional groups attached to an aromatic ring is 1. The topological polar surface area (TPSA) is 50.9 Å². The molecule has 1 aliphatic rings. The van der Waals surface area contributed by atoms with Crippen molar-refractivity contribution in [3.05, 3.63) is 35.0 Å². The molecule has 0 saturated carbocycles. The first kappa shape index (κ1) is 14.7. The van der Waals surface area contributed by atoms with Gasteiger partial charge >= 0.3 is 6.18 Å². The number of nitrogens with one attached hydrogen (secondary N) is 1. The van der Waals surface area contributed by atoms with Crippen LogP contribution in [0.3, 0.4) is 0 Å². The third kappa shape index (κ3) is 3.66. The Morgan fingerprint density at radius 2 is 2.15 bits per heavy atom. The molecular weight excluding hydrogens is 291 g/mol. The molecule has 7 heteroatoms. The average Bonchev–Trinajstić information content (AvgIpc) is 2.38. The van der Waals surface area contributed by atoms with Crippen LogP contribution in [0.25, 0.3) is 5.57 Å². The van der Waals surface area contributed by atoms with Crippen LogP contribution >= 0.6 is 11.6 Å². The molecule has 0 atom stereocenters. The van der Waals surface area contributed by atoms with E-state index in [1.165, 1.54) is 6.20 Å². The minimum Gasteiger partial charge on any atom is -0.382 e. The fourth-order valence-electron chi connectivity index (χ4n) is 1.89. The van der Waals surface area contributed by atoms with E-state index in [1.807, 2.05) is 6.08 Å². The van der Waals surface area contributed by atoms with E-state index in [0.717, 1.165) is 18.4 Å². The fraction of sp³-hybridized carbons (Fsp3) is 0.308. The van der Waals surface area contributed by atoms with Crippen LogP contribution in [-0.2, 0) is 0 Å². The number of alkyl halides is 3. The van der Waals surface area contributed by atoms with Gasteiger partial charge in [-0.05, 0) is 36.1 Å². The minimum absolute atomic E-state index is 0.0288. The zero-order chi connectivity index (χ0) is 14.8. The zero-order valence-electron chi connectivity index (χ0n) is 10.5. The molecule has 0 aliphatic heterocycles.